The number of aromatic nitrogens is 2. The Morgan fingerprint density at radius 2 is 1.83 bits per heavy atom. The number of thiazole rings is 1. The molecule has 7 nitrogen and oxygen atoms in total. The molecule has 0 saturated carbocycles. The van der Waals surface area contributed by atoms with E-state index in [9.17, 15) is 13.6 Å². The summed E-state index contributed by atoms with van der Waals surface area (Å²) in [6.07, 6.45) is 6.20. The Morgan fingerprint density at radius 3 is 2.46 bits per heavy atom. The Hall–Kier alpha value is -4.05. The first kappa shape index (κ1) is 24.1. The Balaban J connectivity index is 1.71. The van der Waals surface area contributed by atoms with Gasteiger partial charge in [0.1, 0.15) is 11.3 Å². The molecule has 180 valence electrons. The van der Waals surface area contributed by atoms with Gasteiger partial charge in [0.05, 0.1) is 32.6 Å². The van der Waals surface area contributed by atoms with E-state index in [2.05, 4.69) is 9.97 Å². The molecule has 2 heterocycles. The highest BCUT2D eigenvalue weighted by molar-refractivity contribution is 7.22. The lowest BCUT2D eigenvalue weighted by Crippen LogP contribution is -2.28. The number of carbonyl (C=O) groups excluding carboxylic acids is 1. The smallest absolute Gasteiger partial charge is 0.253 e. The van der Waals surface area contributed by atoms with Crippen molar-refractivity contribution in [1.29, 1.82) is 0 Å². The summed E-state index contributed by atoms with van der Waals surface area (Å²) in [4.78, 5) is 23.1. The van der Waals surface area contributed by atoms with Gasteiger partial charge in [-0.2, -0.15) is 0 Å². The second-order valence-electron chi connectivity index (χ2n) is 7.31. The molecule has 0 spiro atoms. The fourth-order valence-electron chi connectivity index (χ4n) is 3.43. The van der Waals surface area contributed by atoms with E-state index >= 15 is 0 Å². The largest absolute Gasteiger partial charge is 0.493 e. The van der Waals surface area contributed by atoms with E-state index in [1.165, 1.54) is 38.4 Å². The summed E-state index contributed by atoms with van der Waals surface area (Å²) < 4.78 is 44.3. The molecule has 4 rings (SSSR count). The number of ether oxygens (including phenoxy) is 3. The number of hydrogen-bond acceptors (Lipinski definition) is 7. The highest BCUT2D eigenvalue weighted by Crippen LogP contribution is 2.38. The third-order valence-corrected chi connectivity index (χ3v) is 6.09. The predicted octanol–water partition coefficient (Wildman–Crippen LogP) is 5.24. The van der Waals surface area contributed by atoms with Crippen LogP contribution in [0, 0.1) is 11.6 Å². The fraction of sp³-hybridized carbons (Fsp3) is 0.160. The first-order valence-corrected chi connectivity index (χ1v) is 11.2. The molecule has 4 aromatic rings. The first-order valence-electron chi connectivity index (χ1n) is 10.4. The third kappa shape index (κ3) is 5.22. The molecule has 0 radical (unpaired) electrons. The third-order valence-electron chi connectivity index (χ3n) is 5.07. The molecule has 0 atom stereocenters. The molecule has 2 aromatic heterocycles. The zero-order chi connectivity index (χ0) is 24.9. The van der Waals surface area contributed by atoms with Crippen molar-refractivity contribution in [1.82, 2.24) is 9.97 Å². The van der Waals surface area contributed by atoms with Crippen LogP contribution in [0.4, 0.5) is 13.9 Å². The SMILES string of the molecule is COc1cc(/C=C/C(=O)N(Cc2cccnc2)c2nc3c(F)cc(F)cc3s2)cc(OC)c1OC. The number of hydrogen-bond donors (Lipinski definition) is 0. The number of halogens is 2. The lowest BCUT2D eigenvalue weighted by Gasteiger charge is -2.18. The zero-order valence-electron chi connectivity index (χ0n) is 19.1. The minimum absolute atomic E-state index is 0.00370. The van der Waals surface area contributed by atoms with Crippen molar-refractivity contribution in [3.05, 3.63) is 77.6 Å². The highest BCUT2D eigenvalue weighted by Gasteiger charge is 2.21. The molecule has 10 heteroatoms. The minimum Gasteiger partial charge on any atom is -0.493 e. The van der Waals surface area contributed by atoms with Gasteiger partial charge in [-0.1, -0.05) is 17.4 Å². The van der Waals surface area contributed by atoms with Crippen LogP contribution in [0.25, 0.3) is 16.3 Å². The van der Waals surface area contributed by atoms with Gasteiger partial charge in [-0.3, -0.25) is 14.7 Å². The van der Waals surface area contributed by atoms with Crippen molar-refractivity contribution < 1.29 is 27.8 Å². The summed E-state index contributed by atoms with van der Waals surface area (Å²) in [5, 5.41) is 0.230. The van der Waals surface area contributed by atoms with Crippen LogP contribution in [-0.2, 0) is 11.3 Å². The number of rotatable bonds is 8. The monoisotopic (exact) mass is 497 g/mol. The maximum atomic E-state index is 14.3. The summed E-state index contributed by atoms with van der Waals surface area (Å²) in [6, 6.07) is 8.92. The van der Waals surface area contributed by atoms with Gasteiger partial charge in [-0.15, -0.1) is 0 Å². The Labute approximate surface area is 204 Å². The van der Waals surface area contributed by atoms with Crippen LogP contribution in [0.2, 0.25) is 0 Å². The van der Waals surface area contributed by atoms with E-state index < -0.39 is 17.5 Å². The molecule has 0 N–H and O–H groups in total. The number of nitrogens with zero attached hydrogens (tertiary/aromatic N) is 3. The topological polar surface area (TPSA) is 73.8 Å². The maximum absolute atomic E-state index is 14.3. The van der Waals surface area contributed by atoms with Gasteiger partial charge < -0.3 is 14.2 Å². The number of fused-ring (bicyclic) bond motifs is 1. The van der Waals surface area contributed by atoms with Gasteiger partial charge in [0.25, 0.3) is 5.91 Å². The van der Waals surface area contributed by atoms with Crippen LogP contribution in [-0.4, -0.2) is 37.2 Å². The molecule has 2 aromatic carbocycles. The van der Waals surface area contributed by atoms with Crippen LogP contribution in [0.1, 0.15) is 11.1 Å². The molecule has 1 amide bonds. The van der Waals surface area contributed by atoms with Crippen LogP contribution < -0.4 is 19.1 Å². The number of amides is 1. The molecule has 0 aliphatic heterocycles. The summed E-state index contributed by atoms with van der Waals surface area (Å²) in [5.74, 6) is -0.602. The standard InChI is InChI=1S/C25H21F2N3O4S/c1-32-19-9-15(10-20(33-2)24(19)34-3)6-7-22(31)30(14-16-5-4-8-28-13-16)25-29-23-18(27)11-17(26)12-21(23)35-25/h4-13H,14H2,1-3H3/b7-6+. The molecule has 0 saturated heterocycles. The molecule has 0 unspecified atom stereocenters. The molecule has 0 fully saturated rings. The second-order valence-corrected chi connectivity index (χ2v) is 8.32. The van der Waals surface area contributed by atoms with E-state index in [-0.39, 0.29) is 17.2 Å². The van der Waals surface area contributed by atoms with Crippen molar-refractivity contribution >= 4 is 38.7 Å². The van der Waals surface area contributed by atoms with E-state index in [4.69, 9.17) is 14.2 Å². The summed E-state index contributed by atoms with van der Waals surface area (Å²) >= 11 is 1.02. The fourth-order valence-corrected chi connectivity index (χ4v) is 4.44. The van der Waals surface area contributed by atoms with E-state index in [1.807, 2.05) is 6.07 Å². The zero-order valence-corrected chi connectivity index (χ0v) is 19.9. The number of pyridine rings is 1. The van der Waals surface area contributed by atoms with Crippen LogP contribution in [0.5, 0.6) is 17.2 Å². The van der Waals surface area contributed by atoms with Gasteiger partial charge in [0, 0.05) is 24.5 Å². The van der Waals surface area contributed by atoms with Crippen molar-refractivity contribution in [2.45, 2.75) is 6.54 Å². The summed E-state index contributed by atoms with van der Waals surface area (Å²) in [5.41, 5.74) is 1.38. The quantitative estimate of drug-likeness (QED) is 0.310. The molecule has 0 bridgehead atoms. The lowest BCUT2D eigenvalue weighted by molar-refractivity contribution is -0.114. The van der Waals surface area contributed by atoms with Crippen LogP contribution in [0.15, 0.2) is 54.9 Å². The average Bonchev–Trinajstić information content (AvgIpc) is 3.29. The Morgan fingerprint density at radius 1 is 1.09 bits per heavy atom. The van der Waals surface area contributed by atoms with Crippen molar-refractivity contribution in [2.24, 2.45) is 0 Å². The maximum Gasteiger partial charge on any atom is 0.253 e. The van der Waals surface area contributed by atoms with Crippen LogP contribution >= 0.6 is 11.3 Å². The van der Waals surface area contributed by atoms with E-state index in [0.29, 0.717) is 27.5 Å². The highest BCUT2D eigenvalue weighted by atomic mass is 32.1. The van der Waals surface area contributed by atoms with Crippen molar-refractivity contribution in [3.8, 4) is 17.2 Å². The van der Waals surface area contributed by atoms with Gasteiger partial charge >= 0.3 is 0 Å². The summed E-state index contributed by atoms with van der Waals surface area (Å²) in [6.45, 7) is 0.135. The van der Waals surface area contributed by atoms with Gasteiger partial charge in [-0.05, 0) is 41.5 Å². The number of methoxy groups -OCH3 is 3. The van der Waals surface area contributed by atoms with Gasteiger partial charge in [-0.25, -0.2) is 13.8 Å². The molecular formula is C25H21F2N3O4S. The summed E-state index contributed by atoms with van der Waals surface area (Å²) in [7, 11) is 4.50. The first-order chi connectivity index (χ1) is 16.9. The van der Waals surface area contributed by atoms with Crippen molar-refractivity contribution in [2.75, 3.05) is 26.2 Å². The normalized spacial score (nSPS) is 11.1. The van der Waals surface area contributed by atoms with E-state index in [1.54, 1.807) is 36.7 Å². The van der Waals surface area contributed by atoms with Crippen LogP contribution in [0.3, 0.4) is 0 Å². The lowest BCUT2D eigenvalue weighted by atomic mass is 10.1. The Kier molecular flexibility index (Phi) is 7.21. The number of benzene rings is 2. The van der Waals surface area contributed by atoms with Gasteiger partial charge in [0.15, 0.2) is 22.4 Å². The second kappa shape index (κ2) is 10.5. The van der Waals surface area contributed by atoms with Crippen molar-refractivity contribution in [3.63, 3.8) is 0 Å². The number of anilines is 1. The van der Waals surface area contributed by atoms with Gasteiger partial charge in [0.2, 0.25) is 5.75 Å². The minimum atomic E-state index is -0.788. The number of carbonyl (C=O) groups is 1. The predicted molar refractivity (Wildman–Crippen MR) is 130 cm³/mol. The molecule has 0 aliphatic rings. The molecule has 0 aliphatic carbocycles. The average molecular weight is 498 g/mol. The molecular weight excluding hydrogens is 476 g/mol. The Bertz CT molecular complexity index is 1370. The molecule has 35 heavy (non-hydrogen) atoms. The van der Waals surface area contributed by atoms with E-state index in [0.717, 1.165) is 23.0 Å².